The van der Waals surface area contributed by atoms with Gasteiger partial charge in [0.2, 0.25) is 0 Å². The van der Waals surface area contributed by atoms with Gasteiger partial charge in [-0.2, -0.15) is 0 Å². The first-order valence-electron chi connectivity index (χ1n) is 8.07. The summed E-state index contributed by atoms with van der Waals surface area (Å²) in [7, 11) is 1.32. The molecule has 0 atom stereocenters. The van der Waals surface area contributed by atoms with E-state index < -0.39 is 11.9 Å². The van der Waals surface area contributed by atoms with Crippen molar-refractivity contribution in [2.24, 2.45) is 0 Å². The van der Waals surface area contributed by atoms with E-state index in [1.165, 1.54) is 13.2 Å². The molecule has 2 aromatic rings. The number of carbonyl (C=O) groups excluding carboxylic acids is 2. The molecule has 134 valence electrons. The van der Waals surface area contributed by atoms with Crippen molar-refractivity contribution in [3.63, 3.8) is 0 Å². The molecule has 0 radical (unpaired) electrons. The number of hydrogen-bond donors (Lipinski definition) is 0. The lowest BCUT2D eigenvalue weighted by atomic mass is 10.1. The van der Waals surface area contributed by atoms with Gasteiger partial charge in [0.1, 0.15) is 19.8 Å². The molecule has 0 aliphatic carbocycles. The van der Waals surface area contributed by atoms with Crippen LogP contribution >= 0.6 is 0 Å². The average molecular weight is 354 g/mol. The largest absolute Gasteiger partial charge is 0.486 e. The van der Waals surface area contributed by atoms with E-state index in [1.807, 2.05) is 6.07 Å². The molecule has 0 saturated carbocycles. The van der Waals surface area contributed by atoms with Crippen LogP contribution in [0.5, 0.6) is 11.5 Å². The SMILES string of the molecule is COC(=O)c1cccc(COC(=O)/C=C/c2ccc3c(c2)OCCO3)c1. The molecule has 0 spiro atoms. The molecule has 3 rings (SSSR count). The number of esters is 2. The van der Waals surface area contributed by atoms with E-state index in [2.05, 4.69) is 4.74 Å². The number of carbonyl (C=O) groups is 2. The fraction of sp³-hybridized carbons (Fsp3) is 0.200. The van der Waals surface area contributed by atoms with Crippen LogP contribution in [0.4, 0.5) is 0 Å². The zero-order valence-corrected chi connectivity index (χ0v) is 14.3. The summed E-state index contributed by atoms with van der Waals surface area (Å²) in [6.07, 6.45) is 2.99. The highest BCUT2D eigenvalue weighted by Crippen LogP contribution is 2.31. The van der Waals surface area contributed by atoms with Crippen molar-refractivity contribution in [2.45, 2.75) is 6.61 Å². The molecule has 0 amide bonds. The van der Waals surface area contributed by atoms with E-state index in [0.717, 1.165) is 5.56 Å². The van der Waals surface area contributed by atoms with Crippen molar-refractivity contribution in [3.05, 3.63) is 65.2 Å². The lowest BCUT2D eigenvalue weighted by molar-refractivity contribution is -0.138. The van der Waals surface area contributed by atoms with Gasteiger partial charge < -0.3 is 18.9 Å². The Balaban J connectivity index is 1.57. The van der Waals surface area contributed by atoms with Crippen molar-refractivity contribution in [3.8, 4) is 11.5 Å². The number of rotatable bonds is 5. The minimum Gasteiger partial charge on any atom is -0.486 e. The fourth-order valence-corrected chi connectivity index (χ4v) is 2.44. The zero-order chi connectivity index (χ0) is 18.4. The van der Waals surface area contributed by atoms with Gasteiger partial charge in [0.05, 0.1) is 12.7 Å². The lowest BCUT2D eigenvalue weighted by Crippen LogP contribution is -2.15. The molecule has 1 aliphatic heterocycles. The minimum atomic E-state index is -0.483. The van der Waals surface area contributed by atoms with E-state index in [9.17, 15) is 9.59 Å². The van der Waals surface area contributed by atoms with Crippen LogP contribution in [-0.4, -0.2) is 32.3 Å². The van der Waals surface area contributed by atoms with Crippen LogP contribution in [-0.2, 0) is 20.9 Å². The van der Waals surface area contributed by atoms with Gasteiger partial charge in [-0.1, -0.05) is 18.2 Å². The van der Waals surface area contributed by atoms with Gasteiger partial charge in [-0.25, -0.2) is 9.59 Å². The van der Waals surface area contributed by atoms with Gasteiger partial charge >= 0.3 is 11.9 Å². The third-order valence-corrected chi connectivity index (χ3v) is 3.71. The molecule has 6 heteroatoms. The Morgan fingerprint density at radius 3 is 2.69 bits per heavy atom. The van der Waals surface area contributed by atoms with Crippen molar-refractivity contribution in [2.75, 3.05) is 20.3 Å². The molecule has 2 aromatic carbocycles. The van der Waals surface area contributed by atoms with Crippen molar-refractivity contribution in [1.29, 1.82) is 0 Å². The van der Waals surface area contributed by atoms with Crippen molar-refractivity contribution >= 4 is 18.0 Å². The number of fused-ring (bicyclic) bond motifs is 1. The molecular formula is C20H18O6. The Bertz CT molecular complexity index is 840. The first kappa shape index (κ1) is 17.5. The smallest absolute Gasteiger partial charge is 0.337 e. The summed E-state index contributed by atoms with van der Waals surface area (Å²) >= 11 is 0. The molecule has 0 N–H and O–H groups in total. The maximum atomic E-state index is 11.9. The molecular weight excluding hydrogens is 336 g/mol. The first-order chi connectivity index (χ1) is 12.7. The predicted molar refractivity (Wildman–Crippen MR) is 94.0 cm³/mol. The Hall–Kier alpha value is -3.28. The van der Waals surface area contributed by atoms with Crippen LogP contribution in [0.2, 0.25) is 0 Å². The third kappa shape index (κ3) is 4.42. The average Bonchev–Trinajstić information content (AvgIpc) is 2.70. The van der Waals surface area contributed by atoms with Gasteiger partial charge in [-0.05, 0) is 41.5 Å². The van der Waals surface area contributed by atoms with Gasteiger partial charge in [0, 0.05) is 6.08 Å². The predicted octanol–water partition coefficient (Wildman–Crippen LogP) is 3.00. The summed E-state index contributed by atoms with van der Waals surface area (Å²) in [5.41, 5.74) is 1.92. The molecule has 1 heterocycles. The fourth-order valence-electron chi connectivity index (χ4n) is 2.44. The summed E-state index contributed by atoms with van der Waals surface area (Å²) in [6, 6.07) is 12.2. The number of hydrogen-bond acceptors (Lipinski definition) is 6. The Morgan fingerprint density at radius 2 is 1.88 bits per heavy atom. The molecule has 26 heavy (non-hydrogen) atoms. The molecule has 6 nitrogen and oxygen atoms in total. The maximum Gasteiger partial charge on any atom is 0.337 e. The molecule has 0 aromatic heterocycles. The summed E-state index contributed by atoms with van der Waals surface area (Å²) in [5, 5.41) is 0. The van der Waals surface area contributed by atoms with E-state index in [1.54, 1.807) is 42.5 Å². The molecule has 0 bridgehead atoms. The highest BCUT2D eigenvalue weighted by Gasteiger charge is 2.11. The molecule has 0 saturated heterocycles. The van der Waals surface area contributed by atoms with E-state index in [-0.39, 0.29) is 6.61 Å². The second kappa shape index (κ2) is 8.20. The van der Waals surface area contributed by atoms with Crippen LogP contribution in [0, 0.1) is 0 Å². The van der Waals surface area contributed by atoms with E-state index >= 15 is 0 Å². The van der Waals surface area contributed by atoms with Gasteiger partial charge in [-0.15, -0.1) is 0 Å². The normalized spacial score (nSPS) is 12.7. The van der Waals surface area contributed by atoms with Crippen LogP contribution in [0.3, 0.4) is 0 Å². The lowest BCUT2D eigenvalue weighted by Gasteiger charge is -2.18. The summed E-state index contributed by atoms with van der Waals surface area (Å²) in [6.45, 7) is 1.10. The zero-order valence-electron chi connectivity index (χ0n) is 14.3. The summed E-state index contributed by atoms with van der Waals surface area (Å²) in [4.78, 5) is 23.4. The van der Waals surface area contributed by atoms with Crippen molar-refractivity contribution in [1.82, 2.24) is 0 Å². The Morgan fingerprint density at radius 1 is 1.08 bits per heavy atom. The van der Waals surface area contributed by atoms with Crippen LogP contribution in [0.1, 0.15) is 21.5 Å². The Labute approximate surface area is 150 Å². The second-order valence-electron chi connectivity index (χ2n) is 5.54. The maximum absolute atomic E-state index is 11.9. The van der Waals surface area contributed by atoms with Gasteiger partial charge in [0.15, 0.2) is 11.5 Å². The molecule has 0 unspecified atom stereocenters. The number of ether oxygens (including phenoxy) is 4. The van der Waals surface area contributed by atoms with Crippen molar-refractivity contribution < 1.29 is 28.5 Å². The summed E-state index contributed by atoms with van der Waals surface area (Å²) in [5.74, 6) is 0.438. The Kier molecular flexibility index (Phi) is 5.53. The monoisotopic (exact) mass is 354 g/mol. The highest BCUT2D eigenvalue weighted by atomic mass is 16.6. The van der Waals surface area contributed by atoms with E-state index in [0.29, 0.717) is 35.8 Å². The van der Waals surface area contributed by atoms with Crippen LogP contribution in [0.15, 0.2) is 48.5 Å². The number of benzene rings is 2. The minimum absolute atomic E-state index is 0.0646. The van der Waals surface area contributed by atoms with E-state index in [4.69, 9.17) is 14.2 Å². The number of methoxy groups -OCH3 is 1. The second-order valence-corrected chi connectivity index (χ2v) is 5.54. The van der Waals surface area contributed by atoms with Gasteiger partial charge in [0.25, 0.3) is 0 Å². The topological polar surface area (TPSA) is 71.1 Å². The van der Waals surface area contributed by atoms with Gasteiger partial charge in [-0.3, -0.25) is 0 Å². The standard InChI is InChI=1S/C20H18O6/c1-23-20(22)16-4-2-3-15(11-16)13-26-19(21)8-6-14-5-7-17-18(12-14)25-10-9-24-17/h2-8,11-12H,9-10,13H2,1H3/b8-6+. The quantitative estimate of drug-likeness (QED) is 0.607. The molecule has 0 fully saturated rings. The highest BCUT2D eigenvalue weighted by molar-refractivity contribution is 5.89. The molecule has 1 aliphatic rings. The van der Waals surface area contributed by atoms with Crippen LogP contribution < -0.4 is 9.47 Å². The first-order valence-corrected chi connectivity index (χ1v) is 8.07. The van der Waals surface area contributed by atoms with Crippen LogP contribution in [0.25, 0.3) is 6.08 Å². The third-order valence-electron chi connectivity index (χ3n) is 3.71. The summed E-state index contributed by atoms with van der Waals surface area (Å²) < 4.78 is 20.8.